The first-order chi connectivity index (χ1) is 16.4. The zero-order valence-corrected chi connectivity index (χ0v) is 19.8. The van der Waals surface area contributed by atoms with Crippen LogP contribution in [0.3, 0.4) is 0 Å². The van der Waals surface area contributed by atoms with Crippen LogP contribution < -0.4 is 30.2 Å². The molecule has 0 aliphatic rings. The van der Waals surface area contributed by atoms with Crippen molar-refractivity contribution in [2.24, 2.45) is 0 Å². The van der Waals surface area contributed by atoms with Crippen molar-refractivity contribution in [1.29, 1.82) is 0 Å². The minimum atomic E-state index is -0.464. The molecule has 0 unspecified atom stereocenters. The average Bonchev–Trinajstić information content (AvgIpc) is 2.86. The van der Waals surface area contributed by atoms with Gasteiger partial charge in [0, 0.05) is 23.4 Å². The highest BCUT2D eigenvalue weighted by atomic mass is 32.1. The first-order valence-corrected chi connectivity index (χ1v) is 10.7. The van der Waals surface area contributed by atoms with Crippen LogP contribution in [0.4, 0.5) is 5.69 Å². The SMILES string of the molecule is COc1cc(C(=O)NC(=S)Nc2cccc(C(=O)NCc3ccccc3)c2)cc(OC)c1OC. The highest BCUT2D eigenvalue weighted by Gasteiger charge is 2.18. The van der Waals surface area contributed by atoms with Gasteiger partial charge in [0.25, 0.3) is 11.8 Å². The molecule has 0 saturated heterocycles. The molecule has 34 heavy (non-hydrogen) atoms. The van der Waals surface area contributed by atoms with Crippen LogP contribution >= 0.6 is 12.2 Å². The van der Waals surface area contributed by atoms with E-state index in [4.69, 9.17) is 26.4 Å². The molecular weight excluding hydrogens is 454 g/mol. The van der Waals surface area contributed by atoms with Crippen molar-refractivity contribution >= 4 is 34.8 Å². The molecule has 3 aromatic rings. The van der Waals surface area contributed by atoms with Crippen molar-refractivity contribution in [3.8, 4) is 17.2 Å². The molecule has 0 fully saturated rings. The number of rotatable bonds is 8. The quantitative estimate of drug-likeness (QED) is 0.423. The summed E-state index contributed by atoms with van der Waals surface area (Å²) in [6.45, 7) is 0.417. The van der Waals surface area contributed by atoms with E-state index < -0.39 is 5.91 Å². The molecule has 0 bridgehead atoms. The number of ether oxygens (including phenoxy) is 3. The van der Waals surface area contributed by atoms with Gasteiger partial charge in [0.15, 0.2) is 16.6 Å². The minimum absolute atomic E-state index is 0.0700. The lowest BCUT2D eigenvalue weighted by Crippen LogP contribution is -2.34. The topological polar surface area (TPSA) is 97.9 Å². The third-order valence-electron chi connectivity index (χ3n) is 4.83. The molecular formula is C25H25N3O5S. The Kier molecular flexibility index (Phi) is 8.42. The number of amides is 2. The van der Waals surface area contributed by atoms with E-state index in [9.17, 15) is 9.59 Å². The number of thiocarbonyl (C=S) groups is 1. The molecule has 0 radical (unpaired) electrons. The standard InChI is InChI=1S/C25H25N3O5S/c1-31-20-13-18(14-21(32-2)22(20)33-3)24(30)28-25(34)27-19-11-7-10-17(12-19)23(29)26-15-16-8-5-4-6-9-16/h4-14H,15H2,1-3H3,(H,26,29)(H2,27,28,30,34). The van der Waals surface area contributed by atoms with Gasteiger partial charge < -0.3 is 24.8 Å². The largest absolute Gasteiger partial charge is 0.493 e. The molecule has 8 nitrogen and oxygen atoms in total. The van der Waals surface area contributed by atoms with Gasteiger partial charge in [-0.3, -0.25) is 14.9 Å². The average molecular weight is 480 g/mol. The normalized spacial score (nSPS) is 10.1. The summed E-state index contributed by atoms with van der Waals surface area (Å²) in [5.74, 6) is 0.387. The first kappa shape index (κ1) is 24.5. The second-order valence-corrected chi connectivity index (χ2v) is 7.48. The van der Waals surface area contributed by atoms with Gasteiger partial charge in [-0.05, 0) is 48.1 Å². The summed E-state index contributed by atoms with van der Waals surface area (Å²) in [7, 11) is 4.41. The Labute approximate surface area is 203 Å². The van der Waals surface area contributed by atoms with Crippen molar-refractivity contribution in [2.75, 3.05) is 26.6 Å². The molecule has 3 rings (SSSR count). The number of carbonyl (C=O) groups excluding carboxylic acids is 2. The van der Waals surface area contributed by atoms with Crippen LogP contribution in [-0.4, -0.2) is 38.3 Å². The fourth-order valence-corrected chi connectivity index (χ4v) is 3.38. The highest BCUT2D eigenvalue weighted by Crippen LogP contribution is 2.38. The van der Waals surface area contributed by atoms with Gasteiger partial charge in [-0.15, -0.1) is 0 Å². The van der Waals surface area contributed by atoms with E-state index in [2.05, 4.69) is 16.0 Å². The molecule has 0 aliphatic heterocycles. The number of hydrogen-bond acceptors (Lipinski definition) is 6. The van der Waals surface area contributed by atoms with Crippen molar-refractivity contribution < 1.29 is 23.8 Å². The zero-order chi connectivity index (χ0) is 24.5. The molecule has 9 heteroatoms. The molecule has 176 valence electrons. The Bertz CT molecular complexity index is 1160. The third-order valence-corrected chi connectivity index (χ3v) is 5.04. The Morgan fingerprint density at radius 1 is 0.794 bits per heavy atom. The zero-order valence-electron chi connectivity index (χ0n) is 19.0. The Balaban J connectivity index is 1.64. The molecule has 0 spiro atoms. The highest BCUT2D eigenvalue weighted by molar-refractivity contribution is 7.80. The number of benzene rings is 3. The number of anilines is 1. The summed E-state index contributed by atoms with van der Waals surface area (Å²) in [6.07, 6.45) is 0. The van der Waals surface area contributed by atoms with Crippen LogP contribution in [0.15, 0.2) is 66.7 Å². The number of carbonyl (C=O) groups is 2. The van der Waals surface area contributed by atoms with Crippen molar-refractivity contribution in [3.05, 3.63) is 83.4 Å². The van der Waals surface area contributed by atoms with Gasteiger partial charge in [0.1, 0.15) is 0 Å². The fraction of sp³-hybridized carbons (Fsp3) is 0.160. The molecule has 0 saturated carbocycles. The Hall–Kier alpha value is -4.11. The molecule has 0 aliphatic carbocycles. The van der Waals surface area contributed by atoms with E-state index in [1.54, 1.807) is 24.3 Å². The number of nitrogens with one attached hydrogen (secondary N) is 3. The van der Waals surface area contributed by atoms with E-state index in [0.29, 0.717) is 35.0 Å². The molecule has 2 amide bonds. The molecule has 3 N–H and O–H groups in total. The van der Waals surface area contributed by atoms with E-state index in [-0.39, 0.29) is 16.6 Å². The Morgan fingerprint density at radius 3 is 2.09 bits per heavy atom. The van der Waals surface area contributed by atoms with Crippen molar-refractivity contribution in [3.63, 3.8) is 0 Å². The predicted octanol–water partition coefficient (Wildman–Crippen LogP) is 3.77. The summed E-state index contributed by atoms with van der Waals surface area (Å²) in [5, 5.41) is 8.48. The van der Waals surface area contributed by atoms with Gasteiger partial charge in [0.05, 0.1) is 21.3 Å². The Morgan fingerprint density at radius 2 is 1.47 bits per heavy atom. The van der Waals surface area contributed by atoms with Gasteiger partial charge >= 0.3 is 0 Å². The first-order valence-electron chi connectivity index (χ1n) is 10.3. The smallest absolute Gasteiger partial charge is 0.257 e. The molecule has 0 atom stereocenters. The molecule has 0 heterocycles. The maximum atomic E-state index is 12.7. The van der Waals surface area contributed by atoms with Crippen LogP contribution in [0, 0.1) is 0 Å². The van der Waals surface area contributed by atoms with Crippen LogP contribution in [-0.2, 0) is 6.54 Å². The van der Waals surface area contributed by atoms with Crippen LogP contribution in [0.5, 0.6) is 17.2 Å². The lowest BCUT2D eigenvalue weighted by molar-refractivity contribution is 0.0948. The summed E-state index contributed by atoms with van der Waals surface area (Å²) in [6, 6.07) is 19.5. The van der Waals surface area contributed by atoms with E-state index in [1.807, 2.05) is 30.3 Å². The van der Waals surface area contributed by atoms with E-state index >= 15 is 0 Å². The number of hydrogen-bond donors (Lipinski definition) is 3. The lowest BCUT2D eigenvalue weighted by atomic mass is 10.1. The van der Waals surface area contributed by atoms with E-state index in [0.717, 1.165) is 5.56 Å². The summed E-state index contributed by atoms with van der Waals surface area (Å²) < 4.78 is 15.8. The third kappa shape index (κ3) is 6.23. The van der Waals surface area contributed by atoms with Crippen molar-refractivity contribution in [2.45, 2.75) is 6.54 Å². The maximum Gasteiger partial charge on any atom is 0.257 e. The van der Waals surface area contributed by atoms with Crippen LogP contribution in [0.25, 0.3) is 0 Å². The van der Waals surface area contributed by atoms with Crippen LogP contribution in [0.2, 0.25) is 0 Å². The molecule has 0 aromatic heterocycles. The van der Waals surface area contributed by atoms with Gasteiger partial charge in [-0.25, -0.2) is 0 Å². The summed E-state index contributed by atoms with van der Waals surface area (Å²) >= 11 is 5.28. The maximum absolute atomic E-state index is 12.7. The van der Waals surface area contributed by atoms with Crippen molar-refractivity contribution in [1.82, 2.24) is 10.6 Å². The van der Waals surface area contributed by atoms with Crippen LogP contribution in [0.1, 0.15) is 26.3 Å². The van der Waals surface area contributed by atoms with Gasteiger partial charge in [-0.1, -0.05) is 36.4 Å². The summed E-state index contributed by atoms with van der Waals surface area (Å²) in [4.78, 5) is 25.2. The van der Waals surface area contributed by atoms with Gasteiger partial charge in [0.2, 0.25) is 5.75 Å². The van der Waals surface area contributed by atoms with Gasteiger partial charge in [-0.2, -0.15) is 0 Å². The lowest BCUT2D eigenvalue weighted by Gasteiger charge is -2.15. The van der Waals surface area contributed by atoms with E-state index in [1.165, 1.54) is 33.5 Å². The monoisotopic (exact) mass is 479 g/mol. The summed E-state index contributed by atoms with van der Waals surface area (Å²) in [5.41, 5.74) is 2.29. The molecule has 3 aromatic carbocycles. The second kappa shape index (κ2) is 11.7. The second-order valence-electron chi connectivity index (χ2n) is 7.07. The predicted molar refractivity (Wildman–Crippen MR) is 134 cm³/mol. The minimum Gasteiger partial charge on any atom is -0.493 e. The number of methoxy groups -OCH3 is 3. The fourth-order valence-electron chi connectivity index (χ4n) is 3.17.